The maximum Gasteiger partial charge on any atom is 0.406 e. The number of likely N-dealkylation sites (N-methyl/N-ethyl adjacent to an activating group) is 1. The molecular weight excluding hydrogens is 526 g/mol. The number of ether oxygens (including phenoxy) is 1. The van der Waals surface area contributed by atoms with Gasteiger partial charge in [-0.15, -0.1) is 24.0 Å². The first-order chi connectivity index (χ1) is 14.2. The first-order valence-electron chi connectivity index (χ1n) is 9.86. The molecule has 0 saturated carbocycles. The average Bonchev–Trinajstić information content (AvgIpc) is 3.23. The third kappa shape index (κ3) is 9.09. The van der Waals surface area contributed by atoms with Gasteiger partial charge in [0.2, 0.25) is 5.91 Å². The zero-order valence-electron chi connectivity index (χ0n) is 18.0. The van der Waals surface area contributed by atoms with E-state index in [4.69, 9.17) is 4.74 Å². The summed E-state index contributed by atoms with van der Waals surface area (Å²) in [5, 5.41) is 5.98. The maximum absolute atomic E-state index is 12.4. The molecule has 1 aromatic rings. The van der Waals surface area contributed by atoms with E-state index < -0.39 is 18.6 Å². The smallest absolute Gasteiger partial charge is 0.406 e. The molecule has 1 aliphatic rings. The van der Waals surface area contributed by atoms with Gasteiger partial charge >= 0.3 is 6.18 Å². The van der Waals surface area contributed by atoms with Crippen molar-refractivity contribution in [2.75, 3.05) is 53.9 Å². The van der Waals surface area contributed by atoms with Crippen LogP contribution in [0.3, 0.4) is 0 Å². The van der Waals surface area contributed by atoms with E-state index in [0.29, 0.717) is 17.4 Å². The number of carbonyl (C=O) groups is 1. The van der Waals surface area contributed by atoms with Crippen LogP contribution in [0.15, 0.2) is 29.3 Å². The SMILES string of the molecule is CN=C(NCC(=O)N(C)CC(F)(F)F)NCC(c1cccc(OC)c1)N1CCCC1.I. The molecule has 0 aliphatic carbocycles. The third-order valence-corrected chi connectivity index (χ3v) is 5.00. The van der Waals surface area contributed by atoms with Gasteiger partial charge in [0, 0.05) is 20.6 Å². The Labute approximate surface area is 198 Å². The van der Waals surface area contributed by atoms with E-state index in [0.717, 1.165) is 44.3 Å². The number of methoxy groups -OCH3 is 1. The summed E-state index contributed by atoms with van der Waals surface area (Å²) >= 11 is 0. The summed E-state index contributed by atoms with van der Waals surface area (Å²) in [7, 11) is 4.30. The van der Waals surface area contributed by atoms with Gasteiger partial charge < -0.3 is 20.3 Å². The quantitative estimate of drug-likeness (QED) is 0.293. The molecule has 1 amide bonds. The summed E-state index contributed by atoms with van der Waals surface area (Å²) in [5.41, 5.74) is 1.10. The summed E-state index contributed by atoms with van der Waals surface area (Å²) in [6, 6.07) is 7.95. The zero-order chi connectivity index (χ0) is 22.1. The summed E-state index contributed by atoms with van der Waals surface area (Å²) in [4.78, 5) is 19.0. The molecule has 1 aromatic carbocycles. The molecule has 0 aromatic heterocycles. The molecule has 7 nitrogen and oxygen atoms in total. The Morgan fingerprint density at radius 2 is 1.97 bits per heavy atom. The van der Waals surface area contributed by atoms with Crippen LogP contribution in [0.25, 0.3) is 0 Å². The van der Waals surface area contributed by atoms with Gasteiger partial charge in [-0.3, -0.25) is 14.7 Å². The van der Waals surface area contributed by atoms with E-state index in [1.807, 2.05) is 24.3 Å². The highest BCUT2D eigenvalue weighted by Gasteiger charge is 2.31. The maximum atomic E-state index is 12.4. The third-order valence-electron chi connectivity index (χ3n) is 5.00. The van der Waals surface area contributed by atoms with Crippen LogP contribution in [0.2, 0.25) is 0 Å². The molecule has 0 bridgehead atoms. The van der Waals surface area contributed by atoms with Crippen molar-refractivity contribution in [3.05, 3.63) is 29.8 Å². The van der Waals surface area contributed by atoms with Crippen molar-refractivity contribution in [3.8, 4) is 5.75 Å². The molecule has 11 heteroatoms. The van der Waals surface area contributed by atoms with Gasteiger partial charge in [0.1, 0.15) is 12.3 Å². The highest BCUT2D eigenvalue weighted by Crippen LogP contribution is 2.27. The highest BCUT2D eigenvalue weighted by molar-refractivity contribution is 14.0. The molecule has 1 unspecified atom stereocenters. The van der Waals surface area contributed by atoms with Crippen LogP contribution in [0.4, 0.5) is 13.2 Å². The lowest BCUT2D eigenvalue weighted by molar-refractivity contribution is -0.157. The Balaban J connectivity index is 0.00000480. The average molecular weight is 557 g/mol. The minimum absolute atomic E-state index is 0. The number of rotatable bonds is 8. The van der Waals surface area contributed by atoms with Crippen LogP contribution in [0.1, 0.15) is 24.4 Å². The number of guanidine groups is 1. The van der Waals surface area contributed by atoms with Crippen molar-refractivity contribution < 1.29 is 22.7 Å². The lowest BCUT2D eigenvalue weighted by atomic mass is 10.1. The summed E-state index contributed by atoms with van der Waals surface area (Å²) in [5.74, 6) is 0.465. The van der Waals surface area contributed by atoms with Gasteiger partial charge in [-0.1, -0.05) is 12.1 Å². The van der Waals surface area contributed by atoms with Crippen LogP contribution in [0.5, 0.6) is 5.75 Å². The van der Waals surface area contributed by atoms with Crippen LogP contribution in [-0.4, -0.2) is 81.8 Å². The molecular formula is C20H31F3IN5O2. The van der Waals surface area contributed by atoms with Crippen molar-refractivity contribution in [1.29, 1.82) is 0 Å². The van der Waals surface area contributed by atoms with E-state index in [1.54, 1.807) is 14.2 Å². The molecule has 31 heavy (non-hydrogen) atoms. The fourth-order valence-corrected chi connectivity index (χ4v) is 3.43. The second kappa shape index (κ2) is 12.9. The predicted molar refractivity (Wildman–Crippen MR) is 125 cm³/mol. The fraction of sp³-hybridized carbons (Fsp3) is 0.600. The van der Waals surface area contributed by atoms with Crippen LogP contribution in [0, 0.1) is 0 Å². The number of hydrogen-bond donors (Lipinski definition) is 2. The molecule has 0 spiro atoms. The zero-order valence-corrected chi connectivity index (χ0v) is 20.4. The largest absolute Gasteiger partial charge is 0.497 e. The molecule has 1 atom stereocenters. The first kappa shape index (κ1) is 27.3. The predicted octanol–water partition coefficient (Wildman–Crippen LogP) is 2.64. The van der Waals surface area contributed by atoms with Gasteiger partial charge in [0.05, 0.1) is 19.7 Å². The van der Waals surface area contributed by atoms with E-state index in [1.165, 1.54) is 0 Å². The number of hydrogen-bond acceptors (Lipinski definition) is 4. The molecule has 0 radical (unpaired) electrons. The van der Waals surface area contributed by atoms with Crippen LogP contribution in [-0.2, 0) is 4.79 Å². The van der Waals surface area contributed by atoms with Crippen LogP contribution < -0.4 is 15.4 Å². The number of nitrogens with one attached hydrogen (secondary N) is 2. The Kier molecular flexibility index (Phi) is 11.4. The van der Waals surface area contributed by atoms with Crippen molar-refractivity contribution in [3.63, 3.8) is 0 Å². The second-order valence-electron chi connectivity index (χ2n) is 7.21. The first-order valence-corrected chi connectivity index (χ1v) is 9.86. The van der Waals surface area contributed by atoms with Crippen molar-refractivity contribution >= 4 is 35.8 Å². The van der Waals surface area contributed by atoms with Gasteiger partial charge in [0.15, 0.2) is 5.96 Å². The monoisotopic (exact) mass is 557 g/mol. The Bertz CT molecular complexity index is 727. The van der Waals surface area contributed by atoms with Gasteiger partial charge in [-0.25, -0.2) is 0 Å². The molecule has 2 N–H and O–H groups in total. The number of likely N-dealkylation sites (tertiary alicyclic amines) is 1. The minimum atomic E-state index is -4.43. The lowest BCUT2D eigenvalue weighted by Gasteiger charge is -2.29. The van der Waals surface area contributed by atoms with E-state index in [2.05, 4.69) is 20.5 Å². The van der Waals surface area contributed by atoms with E-state index >= 15 is 0 Å². The Hall–Kier alpha value is -1.76. The number of amides is 1. The normalized spacial score (nSPS) is 15.7. The lowest BCUT2D eigenvalue weighted by Crippen LogP contribution is -2.47. The molecule has 1 fully saturated rings. The highest BCUT2D eigenvalue weighted by atomic mass is 127. The second-order valence-corrected chi connectivity index (χ2v) is 7.21. The molecule has 1 saturated heterocycles. The molecule has 2 rings (SSSR count). The van der Waals surface area contributed by atoms with Gasteiger partial charge in [-0.2, -0.15) is 13.2 Å². The number of carbonyl (C=O) groups excluding carboxylic acids is 1. The molecule has 1 heterocycles. The summed E-state index contributed by atoms with van der Waals surface area (Å²) < 4.78 is 42.7. The number of halogens is 4. The fourth-order valence-electron chi connectivity index (χ4n) is 3.43. The Morgan fingerprint density at radius 1 is 1.29 bits per heavy atom. The summed E-state index contributed by atoms with van der Waals surface area (Å²) in [6.07, 6.45) is -2.16. The van der Waals surface area contributed by atoms with E-state index in [9.17, 15) is 18.0 Å². The molecule has 1 aliphatic heterocycles. The van der Waals surface area contributed by atoms with Gasteiger partial charge in [0.25, 0.3) is 0 Å². The topological polar surface area (TPSA) is 69.2 Å². The summed E-state index contributed by atoms with van der Waals surface area (Å²) in [6.45, 7) is 0.929. The number of aliphatic imine (C=N–C) groups is 1. The number of benzene rings is 1. The van der Waals surface area contributed by atoms with Gasteiger partial charge in [-0.05, 0) is 43.6 Å². The minimum Gasteiger partial charge on any atom is -0.497 e. The Morgan fingerprint density at radius 3 is 2.55 bits per heavy atom. The van der Waals surface area contributed by atoms with Crippen LogP contribution >= 0.6 is 24.0 Å². The van der Waals surface area contributed by atoms with Crippen molar-refractivity contribution in [2.45, 2.75) is 25.1 Å². The standard InChI is InChI=1S/C20H30F3N5O2.HI/c1-24-19(26-13-18(29)27(2)14-20(21,22)23)25-12-17(28-9-4-5-10-28)15-7-6-8-16(11-15)30-3;/h6-8,11,17H,4-5,9-10,12-14H2,1-3H3,(H2,24,25,26);1H. The van der Waals surface area contributed by atoms with Crippen molar-refractivity contribution in [2.24, 2.45) is 4.99 Å². The van der Waals surface area contributed by atoms with E-state index in [-0.39, 0.29) is 36.6 Å². The number of alkyl halides is 3. The molecule has 176 valence electrons. The number of nitrogens with zero attached hydrogens (tertiary/aromatic N) is 3. The van der Waals surface area contributed by atoms with Crippen molar-refractivity contribution in [1.82, 2.24) is 20.4 Å².